The molecule has 0 radical (unpaired) electrons. The van der Waals surface area contributed by atoms with Gasteiger partial charge in [0.05, 0.1) is 11.4 Å². The van der Waals surface area contributed by atoms with Gasteiger partial charge < -0.3 is 10.6 Å². The Hall–Kier alpha value is -0.870. The molecular weight excluding hydrogens is 427 g/mol. The Morgan fingerprint density at radius 1 is 1.22 bits per heavy atom. The van der Waals surface area contributed by atoms with Gasteiger partial charge in [-0.05, 0) is 37.0 Å². The molecule has 0 unspecified atom stereocenters. The van der Waals surface area contributed by atoms with Crippen molar-refractivity contribution in [3.8, 4) is 0 Å². The molecule has 6 nitrogen and oxygen atoms in total. The maximum absolute atomic E-state index is 11.2. The standard InChI is InChI=1S/C15H26N4O2S.HI/c1-4-17-15(18-10-9-12(2)3)19-11-13-5-7-14(8-6-13)22(16,20)21;/h5-8,12H,4,9-11H2,1-3H3,(H2,16,20,21)(H2,17,18,19);1H. The van der Waals surface area contributed by atoms with Gasteiger partial charge in [-0.2, -0.15) is 0 Å². The van der Waals surface area contributed by atoms with Crippen LogP contribution in [0.25, 0.3) is 0 Å². The van der Waals surface area contributed by atoms with Crippen LogP contribution in [0.1, 0.15) is 32.8 Å². The summed E-state index contributed by atoms with van der Waals surface area (Å²) in [6, 6.07) is 6.44. The van der Waals surface area contributed by atoms with Crippen molar-refractivity contribution in [3.05, 3.63) is 29.8 Å². The van der Waals surface area contributed by atoms with Gasteiger partial charge in [0.2, 0.25) is 10.0 Å². The normalized spacial score (nSPS) is 12.0. The summed E-state index contributed by atoms with van der Waals surface area (Å²) in [5.74, 6) is 1.40. The van der Waals surface area contributed by atoms with E-state index >= 15 is 0 Å². The van der Waals surface area contributed by atoms with E-state index in [1.54, 1.807) is 12.1 Å². The van der Waals surface area contributed by atoms with Gasteiger partial charge in [0.15, 0.2) is 5.96 Å². The first-order valence-electron chi connectivity index (χ1n) is 7.47. The summed E-state index contributed by atoms with van der Waals surface area (Å²) >= 11 is 0. The Labute approximate surface area is 156 Å². The number of benzene rings is 1. The number of halogens is 1. The molecule has 8 heteroatoms. The number of sulfonamides is 1. The van der Waals surface area contributed by atoms with E-state index in [1.165, 1.54) is 12.1 Å². The van der Waals surface area contributed by atoms with Gasteiger partial charge in [-0.3, -0.25) is 0 Å². The number of rotatable bonds is 7. The molecular formula is C15H27IN4O2S. The lowest BCUT2D eigenvalue weighted by Crippen LogP contribution is -2.38. The Bertz CT molecular complexity index is 586. The number of primary sulfonamides is 1. The number of nitrogens with two attached hydrogens (primary N) is 1. The molecule has 1 rings (SSSR count). The SMILES string of the molecule is CCNC(=NCc1ccc(S(N)(=O)=O)cc1)NCCC(C)C.I. The van der Waals surface area contributed by atoms with Crippen LogP contribution in [0.2, 0.25) is 0 Å². The zero-order valence-electron chi connectivity index (χ0n) is 13.9. The van der Waals surface area contributed by atoms with Gasteiger partial charge in [0, 0.05) is 13.1 Å². The average Bonchev–Trinajstić information content (AvgIpc) is 2.44. The maximum Gasteiger partial charge on any atom is 0.238 e. The predicted molar refractivity (Wildman–Crippen MR) is 106 cm³/mol. The van der Waals surface area contributed by atoms with E-state index in [0.29, 0.717) is 12.5 Å². The minimum Gasteiger partial charge on any atom is -0.357 e. The minimum atomic E-state index is -3.64. The fraction of sp³-hybridized carbons (Fsp3) is 0.533. The molecule has 1 aromatic carbocycles. The predicted octanol–water partition coefficient (Wildman–Crippen LogP) is 2.05. The highest BCUT2D eigenvalue weighted by molar-refractivity contribution is 14.0. The molecule has 0 aliphatic carbocycles. The Balaban J connectivity index is 0.00000484. The molecule has 0 saturated heterocycles. The molecule has 0 bridgehead atoms. The number of hydrogen-bond acceptors (Lipinski definition) is 3. The minimum absolute atomic E-state index is 0. The van der Waals surface area contributed by atoms with Gasteiger partial charge in [-0.1, -0.05) is 26.0 Å². The Morgan fingerprint density at radius 3 is 2.30 bits per heavy atom. The first-order valence-corrected chi connectivity index (χ1v) is 9.01. The van der Waals surface area contributed by atoms with Crippen LogP contribution in [0.5, 0.6) is 0 Å². The topological polar surface area (TPSA) is 96.6 Å². The summed E-state index contributed by atoms with van der Waals surface area (Å²) in [4.78, 5) is 4.60. The molecule has 0 aromatic heterocycles. The number of nitrogens with zero attached hydrogens (tertiary/aromatic N) is 1. The maximum atomic E-state index is 11.2. The summed E-state index contributed by atoms with van der Waals surface area (Å²) in [5.41, 5.74) is 0.925. The molecule has 0 aliphatic rings. The third-order valence-corrected chi connectivity index (χ3v) is 3.96. The van der Waals surface area contributed by atoms with Crippen LogP contribution in [-0.4, -0.2) is 27.5 Å². The van der Waals surface area contributed by atoms with Crippen LogP contribution in [0.4, 0.5) is 0 Å². The molecule has 0 fully saturated rings. The summed E-state index contributed by atoms with van der Waals surface area (Å²) < 4.78 is 22.4. The van der Waals surface area contributed by atoms with E-state index in [-0.39, 0.29) is 28.9 Å². The number of guanidine groups is 1. The molecule has 0 atom stereocenters. The van der Waals surface area contributed by atoms with Crippen LogP contribution >= 0.6 is 24.0 Å². The molecule has 0 aliphatic heterocycles. The molecule has 0 saturated carbocycles. The lowest BCUT2D eigenvalue weighted by Gasteiger charge is -2.12. The van der Waals surface area contributed by atoms with Gasteiger partial charge >= 0.3 is 0 Å². The molecule has 4 N–H and O–H groups in total. The van der Waals surface area contributed by atoms with Gasteiger partial charge in [0.25, 0.3) is 0 Å². The highest BCUT2D eigenvalue weighted by atomic mass is 127. The zero-order chi connectivity index (χ0) is 16.6. The quantitative estimate of drug-likeness (QED) is 0.334. The molecule has 0 spiro atoms. The van der Waals surface area contributed by atoms with Crippen molar-refractivity contribution in [2.24, 2.45) is 16.0 Å². The third-order valence-electron chi connectivity index (χ3n) is 3.03. The van der Waals surface area contributed by atoms with Gasteiger partial charge in [-0.25, -0.2) is 18.5 Å². The van der Waals surface area contributed by atoms with E-state index < -0.39 is 10.0 Å². The summed E-state index contributed by atoms with van der Waals surface area (Å²) in [5, 5.41) is 11.5. The fourth-order valence-electron chi connectivity index (χ4n) is 1.78. The van der Waals surface area contributed by atoms with Crippen molar-refractivity contribution in [2.75, 3.05) is 13.1 Å². The Morgan fingerprint density at radius 2 is 1.83 bits per heavy atom. The van der Waals surface area contributed by atoms with E-state index in [4.69, 9.17) is 5.14 Å². The van der Waals surface area contributed by atoms with E-state index in [9.17, 15) is 8.42 Å². The molecule has 1 aromatic rings. The summed E-state index contributed by atoms with van der Waals surface area (Å²) in [7, 11) is -3.64. The first kappa shape index (κ1) is 22.1. The van der Waals surface area contributed by atoms with Crippen molar-refractivity contribution in [1.29, 1.82) is 0 Å². The van der Waals surface area contributed by atoms with Crippen LogP contribution in [0.3, 0.4) is 0 Å². The largest absolute Gasteiger partial charge is 0.357 e. The average molecular weight is 454 g/mol. The van der Waals surface area contributed by atoms with Crippen LogP contribution in [0, 0.1) is 5.92 Å². The van der Waals surface area contributed by atoms with Crippen LogP contribution in [-0.2, 0) is 16.6 Å². The van der Waals surface area contributed by atoms with Crippen LogP contribution < -0.4 is 15.8 Å². The van der Waals surface area contributed by atoms with E-state index in [2.05, 4.69) is 29.5 Å². The van der Waals surface area contributed by atoms with Crippen molar-refractivity contribution in [1.82, 2.24) is 10.6 Å². The monoisotopic (exact) mass is 454 g/mol. The Kier molecular flexibility index (Phi) is 10.4. The zero-order valence-corrected chi connectivity index (χ0v) is 17.0. The second-order valence-electron chi connectivity index (χ2n) is 5.49. The van der Waals surface area contributed by atoms with Gasteiger partial charge in [0.1, 0.15) is 0 Å². The van der Waals surface area contributed by atoms with Crippen LogP contribution in [0.15, 0.2) is 34.2 Å². The van der Waals surface area contributed by atoms with E-state index in [1.807, 2.05) is 6.92 Å². The molecule has 0 amide bonds. The number of nitrogens with one attached hydrogen (secondary N) is 2. The van der Waals surface area contributed by atoms with Crippen molar-refractivity contribution in [3.63, 3.8) is 0 Å². The number of aliphatic imine (C=N–C) groups is 1. The lowest BCUT2D eigenvalue weighted by atomic mass is 10.1. The smallest absolute Gasteiger partial charge is 0.238 e. The van der Waals surface area contributed by atoms with Gasteiger partial charge in [-0.15, -0.1) is 24.0 Å². The molecule has 132 valence electrons. The molecule has 0 heterocycles. The summed E-state index contributed by atoms with van der Waals surface area (Å²) in [6.07, 6.45) is 1.08. The van der Waals surface area contributed by atoms with E-state index in [0.717, 1.165) is 31.0 Å². The summed E-state index contributed by atoms with van der Waals surface area (Å²) in [6.45, 7) is 8.51. The highest BCUT2D eigenvalue weighted by Crippen LogP contribution is 2.09. The fourth-order valence-corrected chi connectivity index (χ4v) is 2.29. The second-order valence-corrected chi connectivity index (χ2v) is 7.05. The third kappa shape index (κ3) is 9.11. The number of hydrogen-bond donors (Lipinski definition) is 3. The second kappa shape index (κ2) is 10.8. The van der Waals surface area contributed by atoms with Crippen molar-refractivity contribution >= 4 is 40.0 Å². The molecule has 23 heavy (non-hydrogen) atoms. The highest BCUT2D eigenvalue weighted by Gasteiger charge is 2.06. The van der Waals surface area contributed by atoms with Crippen molar-refractivity contribution in [2.45, 2.75) is 38.6 Å². The lowest BCUT2D eigenvalue weighted by molar-refractivity contribution is 0.573. The van der Waals surface area contributed by atoms with Crippen molar-refractivity contribution < 1.29 is 8.42 Å². The first-order chi connectivity index (χ1) is 10.3.